The molecular weight excluding hydrogens is 334 g/mol. The first-order valence-corrected chi connectivity index (χ1v) is 11.5. The van der Waals surface area contributed by atoms with Crippen LogP contribution in [0.5, 0.6) is 0 Å². The lowest BCUT2D eigenvalue weighted by atomic mass is 10.2. The van der Waals surface area contributed by atoms with Gasteiger partial charge in [-0.05, 0) is 34.3 Å². The van der Waals surface area contributed by atoms with E-state index in [1.165, 1.54) is 0 Å². The number of halogens is 2. The Labute approximate surface area is 122 Å². The molecule has 0 radical (unpaired) electrons. The van der Waals surface area contributed by atoms with Crippen molar-refractivity contribution >= 4 is 52.4 Å². The number of hydrogen-bond acceptors (Lipinski definition) is 2. The normalized spacial score (nSPS) is 12.9. The fourth-order valence-corrected chi connectivity index (χ4v) is 2.94. The summed E-state index contributed by atoms with van der Waals surface area (Å²) in [5, 5.41) is 1.80. The first kappa shape index (κ1) is 15.3. The molecule has 0 atom stereocenters. The maximum atomic E-state index is 6.10. The molecule has 0 fully saturated rings. The van der Waals surface area contributed by atoms with Crippen LogP contribution in [0.2, 0.25) is 24.7 Å². The van der Waals surface area contributed by atoms with Crippen molar-refractivity contribution in [2.24, 2.45) is 4.99 Å². The Morgan fingerprint density at radius 2 is 2.06 bits per heavy atom. The van der Waals surface area contributed by atoms with Gasteiger partial charge in [-0.1, -0.05) is 37.3 Å². The van der Waals surface area contributed by atoms with Gasteiger partial charge in [-0.3, -0.25) is 4.99 Å². The van der Waals surface area contributed by atoms with Crippen molar-refractivity contribution in [2.45, 2.75) is 19.6 Å². The van der Waals surface area contributed by atoms with Gasteiger partial charge in [0.1, 0.15) is 0 Å². The van der Waals surface area contributed by atoms with E-state index in [1.54, 1.807) is 11.8 Å². The van der Waals surface area contributed by atoms with Crippen LogP contribution in [0, 0.1) is 0 Å². The van der Waals surface area contributed by atoms with Crippen molar-refractivity contribution in [2.75, 3.05) is 12.4 Å². The maximum Gasteiger partial charge on any atom is 0.0970 e. The van der Waals surface area contributed by atoms with Gasteiger partial charge in [0.15, 0.2) is 0 Å². The number of thioether (sulfide) groups is 1. The molecule has 0 aliphatic carbocycles. The molecule has 0 saturated carbocycles. The summed E-state index contributed by atoms with van der Waals surface area (Å²) in [6, 6.07) is 5.98. The van der Waals surface area contributed by atoms with E-state index in [-0.39, 0.29) is 0 Å². The highest BCUT2D eigenvalue weighted by Crippen LogP contribution is 2.25. The first-order valence-electron chi connectivity index (χ1n) is 5.37. The van der Waals surface area contributed by atoms with Gasteiger partial charge in [0.2, 0.25) is 0 Å². The zero-order valence-corrected chi connectivity index (χ0v) is 14.7. The summed E-state index contributed by atoms with van der Waals surface area (Å²) in [6.45, 7) is 6.97. The molecule has 0 aliphatic heterocycles. The summed E-state index contributed by atoms with van der Waals surface area (Å²) in [7, 11) is -1.14. The van der Waals surface area contributed by atoms with E-state index >= 15 is 0 Å². The van der Waals surface area contributed by atoms with Crippen molar-refractivity contribution in [1.82, 2.24) is 0 Å². The average Bonchev–Trinajstić information content (AvgIpc) is 2.22. The smallest absolute Gasteiger partial charge is 0.0970 e. The molecule has 0 spiro atoms. The number of nitrogens with zero attached hydrogens (tertiary/aromatic N) is 1. The molecule has 1 aromatic carbocycles. The zero-order chi connectivity index (χ0) is 13.1. The lowest BCUT2D eigenvalue weighted by molar-refractivity contribution is 1.29. The lowest BCUT2D eigenvalue weighted by Crippen LogP contribution is -2.25. The zero-order valence-electron chi connectivity index (χ0n) is 10.6. The lowest BCUT2D eigenvalue weighted by Gasteiger charge is -2.13. The molecule has 0 unspecified atom stereocenters. The molecule has 0 N–H and O–H groups in total. The Morgan fingerprint density at radius 1 is 1.41 bits per heavy atom. The first-order chi connectivity index (χ1) is 7.83. The average molecular weight is 351 g/mol. The van der Waals surface area contributed by atoms with Gasteiger partial charge in [-0.15, -0.1) is 11.8 Å². The van der Waals surface area contributed by atoms with Crippen LogP contribution in [-0.2, 0) is 0 Å². The van der Waals surface area contributed by atoms with E-state index in [4.69, 9.17) is 16.6 Å². The van der Waals surface area contributed by atoms with E-state index in [0.717, 1.165) is 26.3 Å². The van der Waals surface area contributed by atoms with Crippen LogP contribution in [0.1, 0.15) is 5.56 Å². The van der Waals surface area contributed by atoms with Gasteiger partial charge >= 0.3 is 0 Å². The quantitative estimate of drug-likeness (QED) is 0.420. The number of benzene rings is 1. The largest absolute Gasteiger partial charge is 0.281 e. The minimum Gasteiger partial charge on any atom is -0.281 e. The molecule has 1 nitrogen and oxygen atoms in total. The Kier molecular flexibility index (Phi) is 5.76. The molecule has 1 aromatic rings. The minimum atomic E-state index is -1.14. The van der Waals surface area contributed by atoms with Crippen molar-refractivity contribution < 1.29 is 0 Å². The molecule has 5 heteroatoms. The summed E-state index contributed by atoms with van der Waals surface area (Å²) in [5.74, 6) is 0. The molecule has 1 rings (SSSR count). The second-order valence-electron chi connectivity index (χ2n) is 5.02. The van der Waals surface area contributed by atoms with E-state index in [9.17, 15) is 0 Å². The Balaban J connectivity index is 2.97. The van der Waals surface area contributed by atoms with Crippen LogP contribution in [0.4, 0.5) is 0 Å². The van der Waals surface area contributed by atoms with E-state index < -0.39 is 8.07 Å². The highest BCUT2D eigenvalue weighted by molar-refractivity contribution is 9.10. The van der Waals surface area contributed by atoms with Gasteiger partial charge in [-0.2, -0.15) is 0 Å². The summed E-state index contributed by atoms with van der Waals surface area (Å²) >= 11 is 11.2. The fraction of sp³-hybridized carbons (Fsp3) is 0.417. The van der Waals surface area contributed by atoms with Crippen molar-refractivity contribution in [3.63, 3.8) is 0 Å². The molecular formula is C12H17BrClNSSi. The topological polar surface area (TPSA) is 12.4 Å². The predicted molar refractivity (Wildman–Crippen MR) is 87.4 cm³/mol. The van der Waals surface area contributed by atoms with E-state index in [0.29, 0.717) is 0 Å². The third-order valence-electron chi connectivity index (χ3n) is 2.06. The van der Waals surface area contributed by atoms with Crippen molar-refractivity contribution in [3.05, 3.63) is 33.3 Å². The van der Waals surface area contributed by atoms with Crippen LogP contribution in [0.15, 0.2) is 27.7 Å². The Bertz CT molecular complexity index is 429. The molecule has 0 aromatic heterocycles. The Morgan fingerprint density at radius 3 is 2.53 bits per heavy atom. The number of rotatable bonds is 3. The van der Waals surface area contributed by atoms with Gasteiger partial charge in [0.05, 0.1) is 18.1 Å². The highest BCUT2D eigenvalue weighted by Gasteiger charge is 2.13. The maximum absolute atomic E-state index is 6.10. The van der Waals surface area contributed by atoms with Crippen LogP contribution < -0.4 is 0 Å². The van der Waals surface area contributed by atoms with Crippen LogP contribution in [0.3, 0.4) is 0 Å². The molecule has 17 heavy (non-hydrogen) atoms. The van der Waals surface area contributed by atoms with Gasteiger partial charge in [0.25, 0.3) is 0 Å². The summed E-state index contributed by atoms with van der Waals surface area (Å²) < 4.78 is 0.925. The third kappa shape index (κ3) is 5.16. The van der Waals surface area contributed by atoms with Crippen molar-refractivity contribution in [3.8, 4) is 0 Å². The van der Waals surface area contributed by atoms with Crippen molar-refractivity contribution in [1.29, 1.82) is 0 Å². The molecule has 0 saturated heterocycles. The number of hydrogen-bond donors (Lipinski definition) is 0. The third-order valence-corrected chi connectivity index (χ3v) is 5.15. The standard InChI is InChI=1S/C12H17BrClNSSi/c1-16-12(15-8-17(2,3)4)9-5-6-10(13)11(14)7-9/h5-7H,8H2,1-4H3/b15-12-. The number of aliphatic imine (C=N–C) groups is 1. The predicted octanol–water partition coefficient (Wildman–Crippen LogP) is 5.09. The summed E-state index contributed by atoms with van der Waals surface area (Å²) in [6.07, 6.45) is 3.01. The SMILES string of the molecule is CS/C(=N\C[Si](C)(C)C)c1ccc(Br)c(Cl)c1. The molecule has 94 valence electrons. The Hall–Kier alpha value is 0.227. The second kappa shape index (κ2) is 6.41. The van der Waals surface area contributed by atoms with Crippen LogP contribution in [0.25, 0.3) is 0 Å². The molecule has 0 bridgehead atoms. The molecule has 0 amide bonds. The van der Waals surface area contributed by atoms with Gasteiger partial charge in [-0.25, -0.2) is 0 Å². The van der Waals surface area contributed by atoms with E-state index in [2.05, 4.69) is 47.9 Å². The fourth-order valence-electron chi connectivity index (χ4n) is 1.21. The van der Waals surface area contributed by atoms with Crippen LogP contribution >= 0.6 is 39.3 Å². The van der Waals surface area contributed by atoms with Gasteiger partial charge < -0.3 is 0 Å². The highest BCUT2D eigenvalue weighted by atomic mass is 79.9. The van der Waals surface area contributed by atoms with Gasteiger partial charge in [0, 0.05) is 16.2 Å². The summed E-state index contributed by atoms with van der Waals surface area (Å²) in [5.41, 5.74) is 1.10. The second-order valence-corrected chi connectivity index (χ2v) is 12.5. The molecule has 0 aliphatic rings. The van der Waals surface area contributed by atoms with Crippen LogP contribution in [-0.4, -0.2) is 25.5 Å². The summed E-state index contributed by atoms with van der Waals surface area (Å²) in [4.78, 5) is 4.72. The minimum absolute atomic E-state index is 0.734. The monoisotopic (exact) mass is 349 g/mol. The molecule has 0 heterocycles. The van der Waals surface area contributed by atoms with E-state index in [1.807, 2.05) is 12.1 Å².